The lowest BCUT2D eigenvalue weighted by Crippen LogP contribution is -2.38. The first-order valence-electron chi connectivity index (χ1n) is 11.7. The van der Waals surface area contributed by atoms with Crippen LogP contribution in [0.4, 0.5) is 5.82 Å². The molecule has 0 aromatic carbocycles. The standard InChI is InChI=1S/C24H37N3O4/c1-4-24(2,3)31-23-19(22(30)25-18-10-6-5-7-11-18)12-13-20(26-23)27-14-8-9-17(16-27)15-21(28)29/h12-13,17-18H,4-11,14-16H2,1-3H3,(H,25,30)(H,28,29)/t17-/m0/s1. The Bertz CT molecular complexity index is 774. The molecule has 7 nitrogen and oxygen atoms in total. The second kappa shape index (κ2) is 10.3. The van der Waals surface area contributed by atoms with Gasteiger partial charge in [0.15, 0.2) is 0 Å². The van der Waals surface area contributed by atoms with Crippen LogP contribution in [0.2, 0.25) is 0 Å². The highest BCUT2D eigenvalue weighted by molar-refractivity contribution is 5.96. The van der Waals surface area contributed by atoms with Gasteiger partial charge in [0.05, 0.1) is 0 Å². The number of carbonyl (C=O) groups excluding carboxylic acids is 1. The summed E-state index contributed by atoms with van der Waals surface area (Å²) in [6.45, 7) is 7.52. The van der Waals surface area contributed by atoms with Crippen LogP contribution in [-0.2, 0) is 4.79 Å². The predicted molar refractivity (Wildman–Crippen MR) is 121 cm³/mol. The zero-order valence-corrected chi connectivity index (χ0v) is 19.2. The van der Waals surface area contributed by atoms with Crippen LogP contribution in [-0.4, -0.2) is 46.7 Å². The highest BCUT2D eigenvalue weighted by atomic mass is 16.5. The Hall–Kier alpha value is -2.31. The zero-order chi connectivity index (χ0) is 22.4. The second-order valence-corrected chi connectivity index (χ2v) is 9.60. The molecule has 2 aliphatic rings. The van der Waals surface area contributed by atoms with Gasteiger partial charge in [-0.3, -0.25) is 9.59 Å². The van der Waals surface area contributed by atoms with Crippen molar-refractivity contribution in [1.29, 1.82) is 0 Å². The first kappa shape index (κ1) is 23.4. The summed E-state index contributed by atoms with van der Waals surface area (Å²) >= 11 is 0. The average molecular weight is 432 g/mol. The largest absolute Gasteiger partial charge is 0.481 e. The van der Waals surface area contributed by atoms with E-state index in [1.165, 1.54) is 6.42 Å². The van der Waals surface area contributed by atoms with Crippen LogP contribution in [0.5, 0.6) is 5.88 Å². The number of rotatable bonds is 8. The predicted octanol–water partition coefficient (Wildman–Crippen LogP) is 4.40. The number of piperidine rings is 1. The van der Waals surface area contributed by atoms with Gasteiger partial charge in [0, 0.05) is 25.6 Å². The Morgan fingerprint density at radius 1 is 1.19 bits per heavy atom. The number of nitrogens with zero attached hydrogens (tertiary/aromatic N) is 2. The fourth-order valence-corrected chi connectivity index (χ4v) is 4.39. The Morgan fingerprint density at radius 2 is 1.94 bits per heavy atom. The van der Waals surface area contributed by atoms with Crippen LogP contribution in [0.3, 0.4) is 0 Å². The molecule has 2 heterocycles. The lowest BCUT2D eigenvalue weighted by molar-refractivity contribution is -0.138. The highest BCUT2D eigenvalue weighted by Crippen LogP contribution is 2.30. The van der Waals surface area contributed by atoms with E-state index in [-0.39, 0.29) is 24.3 Å². The van der Waals surface area contributed by atoms with E-state index < -0.39 is 11.6 Å². The summed E-state index contributed by atoms with van der Waals surface area (Å²) in [6, 6.07) is 3.89. The van der Waals surface area contributed by atoms with Crippen molar-refractivity contribution in [2.24, 2.45) is 5.92 Å². The van der Waals surface area contributed by atoms with E-state index in [4.69, 9.17) is 14.8 Å². The van der Waals surface area contributed by atoms with Crippen molar-refractivity contribution in [1.82, 2.24) is 10.3 Å². The summed E-state index contributed by atoms with van der Waals surface area (Å²) in [6.07, 6.45) is 8.38. The number of hydrogen-bond acceptors (Lipinski definition) is 5. The lowest BCUT2D eigenvalue weighted by atomic mass is 9.95. The molecule has 1 saturated carbocycles. The lowest BCUT2D eigenvalue weighted by Gasteiger charge is -2.34. The summed E-state index contributed by atoms with van der Waals surface area (Å²) in [5.74, 6) is 0.321. The van der Waals surface area contributed by atoms with Crippen LogP contribution in [0.1, 0.15) is 88.9 Å². The third kappa shape index (κ3) is 6.58. The first-order valence-corrected chi connectivity index (χ1v) is 11.7. The van der Waals surface area contributed by atoms with Crippen molar-refractivity contribution in [3.63, 3.8) is 0 Å². The summed E-state index contributed by atoms with van der Waals surface area (Å²) < 4.78 is 6.22. The molecule has 1 aliphatic carbocycles. The first-order chi connectivity index (χ1) is 14.8. The van der Waals surface area contributed by atoms with E-state index in [9.17, 15) is 9.59 Å². The molecule has 1 aliphatic heterocycles. The number of hydrogen-bond donors (Lipinski definition) is 2. The Labute approximate surface area is 185 Å². The third-order valence-corrected chi connectivity index (χ3v) is 6.56. The second-order valence-electron chi connectivity index (χ2n) is 9.60. The number of carboxylic acid groups (broad SMARTS) is 1. The number of carboxylic acids is 1. The molecule has 0 unspecified atom stereocenters. The summed E-state index contributed by atoms with van der Waals surface area (Å²) in [7, 11) is 0. The molecule has 0 radical (unpaired) electrons. The maximum absolute atomic E-state index is 13.1. The molecule has 3 rings (SSSR count). The van der Waals surface area contributed by atoms with Crippen LogP contribution in [0.25, 0.3) is 0 Å². The number of nitrogens with one attached hydrogen (secondary N) is 1. The van der Waals surface area contributed by atoms with Gasteiger partial charge in [-0.2, -0.15) is 4.98 Å². The SMILES string of the molecule is CCC(C)(C)Oc1nc(N2CCC[C@@H](CC(=O)O)C2)ccc1C(=O)NC1CCCCC1. The maximum atomic E-state index is 13.1. The number of carbonyl (C=O) groups is 2. The molecule has 1 atom stereocenters. The Balaban J connectivity index is 1.82. The maximum Gasteiger partial charge on any atom is 0.303 e. The van der Waals surface area contributed by atoms with Crippen LogP contribution in [0.15, 0.2) is 12.1 Å². The molecule has 2 fully saturated rings. The highest BCUT2D eigenvalue weighted by Gasteiger charge is 2.27. The van der Waals surface area contributed by atoms with E-state index in [0.717, 1.165) is 57.3 Å². The number of ether oxygens (including phenoxy) is 1. The summed E-state index contributed by atoms with van der Waals surface area (Å²) in [5, 5.41) is 12.3. The Kier molecular flexibility index (Phi) is 7.79. The fourth-order valence-electron chi connectivity index (χ4n) is 4.39. The topological polar surface area (TPSA) is 91.8 Å². The van der Waals surface area contributed by atoms with Gasteiger partial charge < -0.3 is 20.1 Å². The van der Waals surface area contributed by atoms with Gasteiger partial charge in [0.1, 0.15) is 17.0 Å². The number of anilines is 1. The monoisotopic (exact) mass is 431 g/mol. The molecular weight excluding hydrogens is 394 g/mol. The zero-order valence-electron chi connectivity index (χ0n) is 19.2. The van der Waals surface area contributed by atoms with Crippen molar-refractivity contribution >= 4 is 17.7 Å². The van der Waals surface area contributed by atoms with Gasteiger partial charge in [0.2, 0.25) is 5.88 Å². The minimum absolute atomic E-state index is 0.110. The van der Waals surface area contributed by atoms with E-state index >= 15 is 0 Å². The van der Waals surface area contributed by atoms with Gasteiger partial charge in [-0.05, 0) is 64.0 Å². The van der Waals surface area contributed by atoms with Crippen molar-refractivity contribution < 1.29 is 19.4 Å². The molecule has 172 valence electrons. The van der Waals surface area contributed by atoms with E-state index in [2.05, 4.69) is 10.2 Å². The van der Waals surface area contributed by atoms with Gasteiger partial charge in [-0.1, -0.05) is 26.2 Å². The quantitative estimate of drug-likeness (QED) is 0.634. The van der Waals surface area contributed by atoms with Crippen molar-refractivity contribution in [2.45, 2.75) is 90.2 Å². The third-order valence-electron chi connectivity index (χ3n) is 6.56. The van der Waals surface area contributed by atoms with Crippen molar-refractivity contribution in [2.75, 3.05) is 18.0 Å². The van der Waals surface area contributed by atoms with Crippen molar-refractivity contribution in [3.05, 3.63) is 17.7 Å². The van der Waals surface area contributed by atoms with Crippen LogP contribution < -0.4 is 15.0 Å². The minimum Gasteiger partial charge on any atom is -0.481 e. The van der Waals surface area contributed by atoms with Gasteiger partial charge >= 0.3 is 5.97 Å². The van der Waals surface area contributed by atoms with Gasteiger partial charge in [-0.15, -0.1) is 0 Å². The van der Waals surface area contributed by atoms with Gasteiger partial charge in [0.25, 0.3) is 5.91 Å². The number of aromatic nitrogens is 1. The molecule has 31 heavy (non-hydrogen) atoms. The fraction of sp³-hybridized carbons (Fsp3) is 0.708. The molecule has 0 spiro atoms. The number of aliphatic carboxylic acids is 1. The molecule has 1 aromatic heterocycles. The molecular formula is C24H37N3O4. The number of amides is 1. The van der Waals surface area contributed by atoms with E-state index in [1.54, 1.807) is 0 Å². The normalized spacial score (nSPS) is 20.4. The molecule has 1 saturated heterocycles. The summed E-state index contributed by atoms with van der Waals surface area (Å²) in [5.41, 5.74) is 0.0223. The summed E-state index contributed by atoms with van der Waals surface area (Å²) in [4.78, 5) is 31.1. The van der Waals surface area contributed by atoms with Crippen LogP contribution >= 0.6 is 0 Å². The average Bonchev–Trinajstić information content (AvgIpc) is 2.74. The molecule has 0 bridgehead atoms. The molecule has 2 N–H and O–H groups in total. The smallest absolute Gasteiger partial charge is 0.303 e. The van der Waals surface area contributed by atoms with Crippen LogP contribution in [0, 0.1) is 5.92 Å². The molecule has 7 heteroatoms. The Morgan fingerprint density at radius 3 is 2.61 bits per heavy atom. The minimum atomic E-state index is -0.761. The van der Waals surface area contributed by atoms with Gasteiger partial charge in [-0.25, -0.2) is 0 Å². The molecule has 1 aromatic rings. The van der Waals surface area contributed by atoms with E-state index in [1.807, 2.05) is 32.9 Å². The molecule has 1 amide bonds. The van der Waals surface area contributed by atoms with Crippen molar-refractivity contribution in [3.8, 4) is 5.88 Å². The number of pyridine rings is 1. The van der Waals surface area contributed by atoms with E-state index in [0.29, 0.717) is 18.0 Å².